The number of pyridine rings is 1. The standard InChI is InChI=1S/C24H38N6O2/c1-16(2)26-20(31)15-30(7)23-18-8-10-24(3,4)21(18)27-22(28-23)19-14-17(9-11-25-19)32-13-12-29(5)6/h9,11,14,16,20,26,31H,8,10,12-13,15H2,1-7H3. The number of fused-ring (bicyclic) bond motifs is 1. The number of hydrogen-bond acceptors (Lipinski definition) is 8. The van der Waals surface area contributed by atoms with Crippen molar-refractivity contribution in [3.8, 4) is 17.3 Å². The van der Waals surface area contributed by atoms with Gasteiger partial charge in [0, 0.05) is 42.9 Å². The van der Waals surface area contributed by atoms with Crippen LogP contribution in [0.3, 0.4) is 0 Å². The lowest BCUT2D eigenvalue weighted by molar-refractivity contribution is 0.134. The van der Waals surface area contributed by atoms with Crippen LogP contribution in [-0.2, 0) is 11.8 Å². The van der Waals surface area contributed by atoms with Crippen molar-refractivity contribution in [1.82, 2.24) is 25.2 Å². The molecular formula is C24H38N6O2. The first-order valence-corrected chi connectivity index (χ1v) is 11.4. The van der Waals surface area contributed by atoms with Crippen LogP contribution < -0.4 is 15.0 Å². The third kappa shape index (κ3) is 5.94. The Hall–Kier alpha value is -2.29. The minimum absolute atomic E-state index is 0.0305. The van der Waals surface area contributed by atoms with Crippen LogP contribution in [0.4, 0.5) is 5.82 Å². The Morgan fingerprint density at radius 3 is 2.66 bits per heavy atom. The number of aliphatic hydroxyl groups is 1. The zero-order valence-corrected chi connectivity index (χ0v) is 20.5. The van der Waals surface area contributed by atoms with Crippen molar-refractivity contribution in [3.63, 3.8) is 0 Å². The van der Waals surface area contributed by atoms with Crippen molar-refractivity contribution < 1.29 is 9.84 Å². The third-order valence-corrected chi connectivity index (χ3v) is 5.73. The van der Waals surface area contributed by atoms with E-state index in [1.54, 1.807) is 6.20 Å². The molecule has 0 saturated carbocycles. The number of hydrogen-bond donors (Lipinski definition) is 2. The third-order valence-electron chi connectivity index (χ3n) is 5.73. The van der Waals surface area contributed by atoms with Gasteiger partial charge in [0.1, 0.15) is 30.1 Å². The molecule has 2 aromatic rings. The van der Waals surface area contributed by atoms with Crippen molar-refractivity contribution in [2.24, 2.45) is 0 Å². The summed E-state index contributed by atoms with van der Waals surface area (Å²) >= 11 is 0. The molecule has 3 rings (SSSR count). The zero-order chi connectivity index (χ0) is 23.5. The summed E-state index contributed by atoms with van der Waals surface area (Å²) in [5.41, 5.74) is 2.89. The highest BCUT2D eigenvalue weighted by molar-refractivity contribution is 5.61. The van der Waals surface area contributed by atoms with Crippen molar-refractivity contribution in [2.75, 3.05) is 45.7 Å². The number of rotatable bonds is 10. The summed E-state index contributed by atoms with van der Waals surface area (Å²) in [4.78, 5) is 18.5. The fraction of sp³-hybridized carbons (Fsp3) is 0.625. The average Bonchev–Trinajstić information content (AvgIpc) is 3.01. The van der Waals surface area contributed by atoms with Gasteiger partial charge in [-0.3, -0.25) is 10.3 Å². The Morgan fingerprint density at radius 2 is 1.97 bits per heavy atom. The second-order valence-corrected chi connectivity index (χ2v) is 9.83. The number of anilines is 1. The molecule has 0 fully saturated rings. The quantitative estimate of drug-likeness (QED) is 0.543. The van der Waals surface area contributed by atoms with Crippen molar-refractivity contribution in [2.45, 2.75) is 58.2 Å². The van der Waals surface area contributed by atoms with Gasteiger partial charge in [-0.1, -0.05) is 13.8 Å². The Bertz CT molecular complexity index is 915. The van der Waals surface area contributed by atoms with Gasteiger partial charge in [-0.25, -0.2) is 9.97 Å². The summed E-state index contributed by atoms with van der Waals surface area (Å²) in [5, 5.41) is 13.6. The summed E-state index contributed by atoms with van der Waals surface area (Å²) in [6, 6.07) is 3.96. The zero-order valence-electron chi connectivity index (χ0n) is 20.5. The van der Waals surface area contributed by atoms with E-state index in [1.165, 1.54) is 0 Å². The lowest BCUT2D eigenvalue weighted by Crippen LogP contribution is -2.43. The highest BCUT2D eigenvalue weighted by atomic mass is 16.5. The van der Waals surface area contributed by atoms with Gasteiger partial charge in [0.05, 0.1) is 12.2 Å². The Morgan fingerprint density at radius 1 is 1.22 bits per heavy atom. The second kappa shape index (κ2) is 10.1. The van der Waals surface area contributed by atoms with E-state index >= 15 is 0 Å². The van der Waals surface area contributed by atoms with Gasteiger partial charge in [0.25, 0.3) is 0 Å². The Balaban J connectivity index is 1.93. The molecule has 2 N–H and O–H groups in total. The van der Waals surface area contributed by atoms with Gasteiger partial charge in [-0.15, -0.1) is 0 Å². The van der Waals surface area contributed by atoms with E-state index in [9.17, 15) is 5.11 Å². The first-order chi connectivity index (χ1) is 15.1. The van der Waals surface area contributed by atoms with E-state index in [2.05, 4.69) is 29.0 Å². The maximum absolute atomic E-state index is 10.4. The predicted octanol–water partition coefficient (Wildman–Crippen LogP) is 2.46. The maximum Gasteiger partial charge on any atom is 0.180 e. The molecule has 0 spiro atoms. The van der Waals surface area contributed by atoms with Crippen LogP contribution in [-0.4, -0.2) is 78.1 Å². The average molecular weight is 443 g/mol. The predicted molar refractivity (Wildman–Crippen MR) is 128 cm³/mol. The van der Waals surface area contributed by atoms with Crippen molar-refractivity contribution >= 4 is 5.82 Å². The topological polar surface area (TPSA) is 86.6 Å². The van der Waals surface area contributed by atoms with Gasteiger partial charge >= 0.3 is 0 Å². The second-order valence-electron chi connectivity index (χ2n) is 9.83. The molecule has 1 unspecified atom stereocenters. The van der Waals surface area contributed by atoms with E-state index in [0.29, 0.717) is 24.7 Å². The smallest absolute Gasteiger partial charge is 0.180 e. The van der Waals surface area contributed by atoms with E-state index < -0.39 is 6.23 Å². The van der Waals surface area contributed by atoms with Crippen LogP contribution in [0.15, 0.2) is 18.3 Å². The van der Waals surface area contributed by atoms with Gasteiger partial charge in [0.2, 0.25) is 0 Å². The Labute approximate surface area is 192 Å². The molecule has 0 radical (unpaired) electrons. The molecule has 8 heteroatoms. The SMILES string of the molecule is CC(C)NC(O)CN(C)c1nc(-c2cc(OCCN(C)C)ccn2)nc2c1CCC2(C)C. The van der Waals surface area contributed by atoms with Crippen LogP contribution in [0.5, 0.6) is 5.75 Å². The first-order valence-electron chi connectivity index (χ1n) is 11.4. The highest BCUT2D eigenvalue weighted by Gasteiger charge is 2.35. The van der Waals surface area contributed by atoms with Crippen LogP contribution in [0.25, 0.3) is 11.5 Å². The van der Waals surface area contributed by atoms with Crippen LogP contribution in [0.1, 0.15) is 45.4 Å². The van der Waals surface area contributed by atoms with E-state index in [0.717, 1.165) is 42.2 Å². The lowest BCUT2D eigenvalue weighted by Gasteiger charge is -2.26. The van der Waals surface area contributed by atoms with Gasteiger partial charge < -0.3 is 19.6 Å². The van der Waals surface area contributed by atoms with Crippen LogP contribution in [0.2, 0.25) is 0 Å². The fourth-order valence-electron chi connectivity index (χ4n) is 4.00. The normalized spacial score (nSPS) is 15.8. The molecule has 0 aromatic carbocycles. The van der Waals surface area contributed by atoms with E-state index in [4.69, 9.17) is 14.7 Å². The molecular weight excluding hydrogens is 404 g/mol. The highest BCUT2D eigenvalue weighted by Crippen LogP contribution is 2.41. The van der Waals surface area contributed by atoms with Gasteiger partial charge in [-0.05, 0) is 46.9 Å². The van der Waals surface area contributed by atoms with Crippen molar-refractivity contribution in [3.05, 3.63) is 29.6 Å². The monoisotopic (exact) mass is 442 g/mol. The summed E-state index contributed by atoms with van der Waals surface area (Å²) in [6.45, 7) is 10.4. The van der Waals surface area contributed by atoms with Gasteiger partial charge in [0.15, 0.2) is 5.82 Å². The molecule has 8 nitrogen and oxygen atoms in total. The molecule has 2 heterocycles. The summed E-state index contributed by atoms with van der Waals surface area (Å²) < 4.78 is 5.89. The molecule has 176 valence electrons. The summed E-state index contributed by atoms with van der Waals surface area (Å²) in [6.07, 6.45) is 3.05. The van der Waals surface area contributed by atoms with E-state index in [-0.39, 0.29) is 11.5 Å². The molecule has 0 bridgehead atoms. The lowest BCUT2D eigenvalue weighted by atomic mass is 9.90. The Kier molecular flexibility index (Phi) is 7.69. The minimum atomic E-state index is -0.643. The van der Waals surface area contributed by atoms with Crippen molar-refractivity contribution in [1.29, 1.82) is 0 Å². The molecule has 0 amide bonds. The van der Waals surface area contributed by atoms with Crippen LogP contribution >= 0.6 is 0 Å². The number of nitrogens with zero attached hydrogens (tertiary/aromatic N) is 5. The molecule has 1 atom stereocenters. The number of ether oxygens (including phenoxy) is 1. The van der Waals surface area contributed by atoms with Gasteiger partial charge in [-0.2, -0.15) is 0 Å². The largest absolute Gasteiger partial charge is 0.492 e. The fourth-order valence-corrected chi connectivity index (χ4v) is 4.00. The summed E-state index contributed by atoms with van der Waals surface area (Å²) in [5.74, 6) is 2.21. The number of nitrogens with one attached hydrogen (secondary N) is 1. The molecule has 0 aliphatic heterocycles. The first kappa shape index (κ1) is 24.4. The summed E-state index contributed by atoms with van der Waals surface area (Å²) in [7, 11) is 6.01. The number of aromatic nitrogens is 3. The molecule has 1 aliphatic carbocycles. The molecule has 1 aliphatic rings. The number of likely N-dealkylation sites (N-methyl/N-ethyl adjacent to an activating group) is 2. The molecule has 32 heavy (non-hydrogen) atoms. The maximum atomic E-state index is 10.4. The van der Waals surface area contributed by atoms with Crippen LogP contribution in [0, 0.1) is 0 Å². The van der Waals surface area contributed by atoms with E-state index in [1.807, 2.05) is 52.0 Å². The molecule has 0 saturated heterocycles. The number of aliphatic hydroxyl groups excluding tert-OH is 1. The minimum Gasteiger partial charge on any atom is -0.492 e. The molecule has 2 aromatic heterocycles.